The van der Waals surface area contributed by atoms with Crippen LogP contribution >= 0.6 is 0 Å². The number of amides is 3. The third kappa shape index (κ3) is 6.30. The molecular formula is C25H26F6N2O3. The van der Waals surface area contributed by atoms with Crippen molar-refractivity contribution in [2.45, 2.75) is 57.5 Å². The van der Waals surface area contributed by atoms with E-state index in [0.29, 0.717) is 43.6 Å². The molecule has 0 radical (unpaired) electrons. The number of carbonyl (C=O) groups excluding carboxylic acids is 2. The Bertz CT molecular complexity index is 1050. The molecule has 1 fully saturated rings. The smallest absolute Gasteiger partial charge is 0.416 e. The van der Waals surface area contributed by atoms with Gasteiger partial charge in [-0.1, -0.05) is 19.1 Å². The second-order valence-electron chi connectivity index (χ2n) is 8.57. The minimum Gasteiger partial charge on any atom is -0.497 e. The molecule has 1 atom stereocenters. The highest BCUT2D eigenvalue weighted by Gasteiger charge is 2.44. The molecule has 0 spiro atoms. The van der Waals surface area contributed by atoms with E-state index in [1.807, 2.05) is 12.1 Å². The number of carbonyl (C=O) groups is 2. The molecule has 36 heavy (non-hydrogen) atoms. The summed E-state index contributed by atoms with van der Waals surface area (Å²) in [6, 6.07) is 6.90. The molecule has 5 nitrogen and oxygen atoms in total. The lowest BCUT2D eigenvalue weighted by molar-refractivity contribution is -0.143. The molecule has 2 aromatic rings. The molecule has 1 saturated heterocycles. The van der Waals surface area contributed by atoms with Crippen molar-refractivity contribution in [2.24, 2.45) is 0 Å². The van der Waals surface area contributed by atoms with Gasteiger partial charge < -0.3 is 9.64 Å². The SMILES string of the molecule is CCCN1C(=O)N(Cc2cc(C(F)(F)F)cc(C(F)(F)F)c2)C(=O)C1CCCc1ccc(OC)cc1. The number of rotatable bonds is 9. The maximum atomic E-state index is 13.2. The highest BCUT2D eigenvalue weighted by Crippen LogP contribution is 2.37. The lowest BCUT2D eigenvalue weighted by Gasteiger charge is -2.21. The molecular weight excluding hydrogens is 490 g/mol. The monoisotopic (exact) mass is 516 g/mol. The van der Waals surface area contributed by atoms with Crippen molar-refractivity contribution < 1.29 is 40.7 Å². The fourth-order valence-electron chi connectivity index (χ4n) is 4.20. The number of methoxy groups -OCH3 is 1. The number of hydrogen-bond acceptors (Lipinski definition) is 3. The standard InChI is InChI=1S/C25H26F6N2O3/c1-3-11-32-21(6-4-5-16-7-9-20(36-2)10-8-16)22(34)33(23(32)35)15-17-12-18(24(26,27)28)14-19(13-17)25(29,30)31/h7-10,12-14,21H,3-6,11,15H2,1-2H3. The number of alkyl halides is 6. The maximum Gasteiger partial charge on any atom is 0.416 e. The zero-order valence-corrected chi connectivity index (χ0v) is 19.7. The van der Waals surface area contributed by atoms with Crippen molar-refractivity contribution in [3.63, 3.8) is 0 Å². The van der Waals surface area contributed by atoms with E-state index in [4.69, 9.17) is 4.74 Å². The summed E-state index contributed by atoms with van der Waals surface area (Å²) < 4.78 is 84.4. The van der Waals surface area contributed by atoms with Crippen LogP contribution in [0.25, 0.3) is 0 Å². The highest BCUT2D eigenvalue weighted by atomic mass is 19.4. The van der Waals surface area contributed by atoms with Crippen molar-refractivity contribution in [3.05, 3.63) is 64.7 Å². The highest BCUT2D eigenvalue weighted by molar-refractivity contribution is 6.04. The Labute approximate surface area is 204 Å². The Morgan fingerprint density at radius 3 is 1.97 bits per heavy atom. The van der Waals surface area contributed by atoms with Gasteiger partial charge in [-0.3, -0.25) is 9.69 Å². The van der Waals surface area contributed by atoms with Gasteiger partial charge >= 0.3 is 18.4 Å². The molecule has 0 saturated carbocycles. The van der Waals surface area contributed by atoms with Crippen LogP contribution in [0.2, 0.25) is 0 Å². The molecule has 11 heteroatoms. The third-order valence-electron chi connectivity index (χ3n) is 5.96. The Morgan fingerprint density at radius 1 is 0.889 bits per heavy atom. The predicted octanol–water partition coefficient (Wildman–Crippen LogP) is 6.30. The van der Waals surface area contributed by atoms with E-state index >= 15 is 0 Å². The number of hydrogen-bond donors (Lipinski definition) is 0. The minimum absolute atomic E-state index is 0.0164. The molecule has 0 N–H and O–H groups in total. The Hall–Kier alpha value is -3.24. The Morgan fingerprint density at radius 2 is 1.47 bits per heavy atom. The maximum absolute atomic E-state index is 13.2. The van der Waals surface area contributed by atoms with Crippen LogP contribution in [-0.2, 0) is 30.1 Å². The summed E-state index contributed by atoms with van der Waals surface area (Å²) in [7, 11) is 1.55. The van der Waals surface area contributed by atoms with E-state index in [0.717, 1.165) is 10.5 Å². The molecule has 0 aliphatic carbocycles. The van der Waals surface area contributed by atoms with Gasteiger partial charge in [0, 0.05) is 6.54 Å². The second-order valence-corrected chi connectivity index (χ2v) is 8.57. The molecule has 3 rings (SSSR count). The van der Waals surface area contributed by atoms with E-state index in [1.54, 1.807) is 26.2 Å². The first kappa shape index (κ1) is 27.3. The second kappa shape index (κ2) is 10.8. The van der Waals surface area contributed by atoms with Crippen molar-refractivity contribution in [2.75, 3.05) is 13.7 Å². The first-order valence-corrected chi connectivity index (χ1v) is 11.4. The largest absolute Gasteiger partial charge is 0.497 e. The van der Waals surface area contributed by atoms with Crippen LogP contribution in [0.4, 0.5) is 31.1 Å². The topological polar surface area (TPSA) is 49.9 Å². The van der Waals surface area contributed by atoms with Gasteiger partial charge in [0.2, 0.25) is 0 Å². The summed E-state index contributed by atoms with van der Waals surface area (Å²) in [5.41, 5.74) is -2.41. The van der Waals surface area contributed by atoms with E-state index in [2.05, 4.69) is 0 Å². The number of urea groups is 1. The van der Waals surface area contributed by atoms with Gasteiger partial charge in [-0.15, -0.1) is 0 Å². The number of benzene rings is 2. The number of aryl methyl sites for hydroxylation is 1. The van der Waals surface area contributed by atoms with Crippen molar-refractivity contribution >= 4 is 11.9 Å². The molecule has 196 valence electrons. The van der Waals surface area contributed by atoms with Gasteiger partial charge in [-0.05, 0) is 67.1 Å². The summed E-state index contributed by atoms with van der Waals surface area (Å²) in [6.45, 7) is 1.36. The van der Waals surface area contributed by atoms with Crippen molar-refractivity contribution in [1.29, 1.82) is 0 Å². The Balaban J connectivity index is 1.79. The van der Waals surface area contributed by atoms with Crippen LogP contribution in [0.3, 0.4) is 0 Å². The average molecular weight is 516 g/mol. The molecule has 1 aliphatic rings. The molecule has 3 amide bonds. The first-order chi connectivity index (χ1) is 16.8. The van der Waals surface area contributed by atoms with Gasteiger partial charge in [0.25, 0.3) is 5.91 Å². The molecule has 0 aromatic heterocycles. The molecule has 1 unspecified atom stereocenters. The fraction of sp³-hybridized carbons (Fsp3) is 0.440. The molecule has 0 bridgehead atoms. The summed E-state index contributed by atoms with van der Waals surface area (Å²) in [4.78, 5) is 28.1. The van der Waals surface area contributed by atoms with Gasteiger partial charge in [-0.25, -0.2) is 4.79 Å². The summed E-state index contributed by atoms with van der Waals surface area (Å²) >= 11 is 0. The van der Waals surface area contributed by atoms with Crippen LogP contribution in [0.15, 0.2) is 42.5 Å². The summed E-state index contributed by atoms with van der Waals surface area (Å²) in [5.74, 6) is 0.0671. The van der Waals surface area contributed by atoms with Crippen LogP contribution in [0, 0.1) is 0 Å². The normalized spacial score (nSPS) is 16.7. The van der Waals surface area contributed by atoms with E-state index in [1.165, 1.54) is 4.90 Å². The number of ether oxygens (including phenoxy) is 1. The van der Waals surface area contributed by atoms with Gasteiger partial charge in [0.05, 0.1) is 24.8 Å². The Kier molecular flexibility index (Phi) is 8.20. The van der Waals surface area contributed by atoms with Crippen molar-refractivity contribution in [3.8, 4) is 5.75 Å². The van der Waals surface area contributed by atoms with Gasteiger partial charge in [-0.2, -0.15) is 26.3 Å². The average Bonchev–Trinajstić information content (AvgIpc) is 3.02. The molecule has 1 aliphatic heterocycles. The van der Waals surface area contributed by atoms with Crippen LogP contribution in [-0.4, -0.2) is 41.4 Å². The van der Waals surface area contributed by atoms with E-state index in [-0.39, 0.29) is 12.6 Å². The van der Waals surface area contributed by atoms with Crippen molar-refractivity contribution in [1.82, 2.24) is 9.80 Å². The molecule has 2 aromatic carbocycles. The third-order valence-corrected chi connectivity index (χ3v) is 5.96. The van der Waals surface area contributed by atoms with E-state index < -0.39 is 53.6 Å². The number of imide groups is 1. The fourth-order valence-corrected chi connectivity index (χ4v) is 4.20. The predicted molar refractivity (Wildman–Crippen MR) is 119 cm³/mol. The molecule has 1 heterocycles. The van der Waals surface area contributed by atoms with Crippen LogP contribution < -0.4 is 4.74 Å². The summed E-state index contributed by atoms with van der Waals surface area (Å²) in [6.07, 6.45) is -8.04. The summed E-state index contributed by atoms with van der Waals surface area (Å²) in [5, 5.41) is 0. The van der Waals surface area contributed by atoms with E-state index in [9.17, 15) is 35.9 Å². The van der Waals surface area contributed by atoms with Gasteiger partial charge in [0.15, 0.2) is 0 Å². The lowest BCUT2D eigenvalue weighted by atomic mass is 10.0. The first-order valence-electron chi connectivity index (χ1n) is 11.4. The quantitative estimate of drug-likeness (QED) is 0.290. The van der Waals surface area contributed by atoms with Gasteiger partial charge in [0.1, 0.15) is 11.8 Å². The number of halogens is 6. The lowest BCUT2D eigenvalue weighted by Crippen LogP contribution is -2.35. The van der Waals surface area contributed by atoms with Crippen LogP contribution in [0.5, 0.6) is 5.75 Å². The zero-order chi connectivity index (χ0) is 26.7. The zero-order valence-electron chi connectivity index (χ0n) is 19.7. The minimum atomic E-state index is -5.02. The number of nitrogens with zero attached hydrogens (tertiary/aromatic N) is 2. The van der Waals surface area contributed by atoms with Crippen LogP contribution in [0.1, 0.15) is 48.4 Å².